The number of rotatable bonds is 2. The number of aliphatic hydroxyl groups is 1. The Morgan fingerprint density at radius 1 is 1.58 bits per heavy atom. The van der Waals surface area contributed by atoms with Crippen molar-refractivity contribution < 1.29 is 5.11 Å². The molecule has 1 unspecified atom stereocenters. The Bertz CT molecular complexity index is 170. The lowest BCUT2D eigenvalue weighted by Gasteiger charge is -2.40. The second-order valence-corrected chi connectivity index (χ2v) is 4.57. The van der Waals surface area contributed by atoms with Crippen LogP contribution in [0.1, 0.15) is 39.5 Å². The van der Waals surface area contributed by atoms with Crippen LogP contribution < -0.4 is 0 Å². The summed E-state index contributed by atoms with van der Waals surface area (Å²) < 4.78 is 0. The molecule has 1 fully saturated rings. The zero-order chi connectivity index (χ0) is 9.19. The van der Waals surface area contributed by atoms with Gasteiger partial charge in [0.05, 0.1) is 0 Å². The van der Waals surface area contributed by atoms with Gasteiger partial charge in [-0.2, -0.15) is 0 Å². The number of hydrogen-bond donors (Lipinski definition) is 1. The third kappa shape index (κ3) is 1.89. The van der Waals surface area contributed by atoms with Gasteiger partial charge in [0, 0.05) is 6.61 Å². The van der Waals surface area contributed by atoms with E-state index in [4.69, 9.17) is 5.11 Å². The molecule has 1 aliphatic rings. The predicted molar refractivity (Wildman–Crippen MR) is 52.0 cm³/mol. The van der Waals surface area contributed by atoms with Gasteiger partial charge in [-0.05, 0) is 37.0 Å². The van der Waals surface area contributed by atoms with E-state index in [2.05, 4.69) is 20.4 Å². The molecule has 1 N–H and O–H groups in total. The van der Waals surface area contributed by atoms with Crippen LogP contribution in [-0.4, -0.2) is 11.7 Å². The van der Waals surface area contributed by atoms with E-state index in [-0.39, 0.29) is 0 Å². The largest absolute Gasteiger partial charge is 0.396 e. The smallest absolute Gasteiger partial charge is 0.0436 e. The molecule has 1 rings (SSSR count). The molecule has 1 heteroatoms. The van der Waals surface area contributed by atoms with Crippen molar-refractivity contribution in [2.45, 2.75) is 39.5 Å². The quantitative estimate of drug-likeness (QED) is 0.629. The zero-order valence-corrected chi connectivity index (χ0v) is 8.27. The normalized spacial score (nSPS) is 28.9. The van der Waals surface area contributed by atoms with E-state index in [1.54, 1.807) is 0 Å². The average Bonchev–Trinajstić information content (AvgIpc) is 1.97. The van der Waals surface area contributed by atoms with Crippen molar-refractivity contribution in [1.29, 1.82) is 0 Å². The first-order chi connectivity index (χ1) is 5.58. The molecule has 0 aromatic heterocycles. The van der Waals surface area contributed by atoms with E-state index >= 15 is 0 Å². The molecule has 0 spiro atoms. The first-order valence-electron chi connectivity index (χ1n) is 4.86. The molecule has 1 atom stereocenters. The van der Waals surface area contributed by atoms with Crippen LogP contribution in [0.5, 0.6) is 0 Å². The van der Waals surface area contributed by atoms with Crippen LogP contribution in [0.25, 0.3) is 0 Å². The van der Waals surface area contributed by atoms with Gasteiger partial charge in [0.1, 0.15) is 0 Å². The third-order valence-electron chi connectivity index (χ3n) is 3.17. The minimum absolute atomic E-state index is 0.299. The second kappa shape index (κ2) is 3.61. The Kier molecular flexibility index (Phi) is 2.94. The van der Waals surface area contributed by atoms with Gasteiger partial charge in [-0.15, -0.1) is 0 Å². The van der Waals surface area contributed by atoms with Crippen LogP contribution in [0.2, 0.25) is 0 Å². The first-order valence-corrected chi connectivity index (χ1v) is 4.86. The number of allylic oxidation sites excluding steroid dienone is 1. The highest BCUT2D eigenvalue weighted by Crippen LogP contribution is 2.44. The summed E-state index contributed by atoms with van der Waals surface area (Å²) in [7, 11) is 0. The number of aliphatic hydroxyl groups excluding tert-OH is 1. The molecule has 0 aliphatic heterocycles. The van der Waals surface area contributed by atoms with Crippen molar-refractivity contribution in [3.8, 4) is 0 Å². The Labute approximate surface area is 75.5 Å². The lowest BCUT2D eigenvalue weighted by Crippen LogP contribution is -2.30. The standard InChI is InChI=1S/C11H20O/c1-9-5-4-7-11(2,3)10(9)6-8-12/h10,12H,1,4-8H2,2-3H3. The van der Waals surface area contributed by atoms with E-state index in [0.29, 0.717) is 17.9 Å². The molecule has 0 saturated heterocycles. The molecule has 0 bridgehead atoms. The van der Waals surface area contributed by atoms with Gasteiger partial charge in [-0.3, -0.25) is 0 Å². The van der Waals surface area contributed by atoms with Gasteiger partial charge in [0.25, 0.3) is 0 Å². The lowest BCUT2D eigenvalue weighted by atomic mass is 9.66. The minimum atomic E-state index is 0.299. The van der Waals surface area contributed by atoms with E-state index < -0.39 is 0 Å². The van der Waals surface area contributed by atoms with Gasteiger partial charge in [-0.25, -0.2) is 0 Å². The molecular weight excluding hydrogens is 148 g/mol. The summed E-state index contributed by atoms with van der Waals surface area (Å²) >= 11 is 0. The molecule has 1 aliphatic carbocycles. The van der Waals surface area contributed by atoms with E-state index in [0.717, 1.165) is 12.8 Å². The maximum atomic E-state index is 8.93. The van der Waals surface area contributed by atoms with Crippen molar-refractivity contribution >= 4 is 0 Å². The maximum absolute atomic E-state index is 8.93. The molecule has 70 valence electrons. The third-order valence-corrected chi connectivity index (χ3v) is 3.17. The van der Waals surface area contributed by atoms with Crippen LogP contribution in [0.4, 0.5) is 0 Å². The van der Waals surface area contributed by atoms with Crippen LogP contribution in [0.15, 0.2) is 12.2 Å². The molecule has 0 amide bonds. The van der Waals surface area contributed by atoms with Crippen LogP contribution in [0, 0.1) is 11.3 Å². The minimum Gasteiger partial charge on any atom is -0.396 e. The van der Waals surface area contributed by atoms with Crippen LogP contribution in [0.3, 0.4) is 0 Å². The van der Waals surface area contributed by atoms with Gasteiger partial charge in [0.2, 0.25) is 0 Å². The summed E-state index contributed by atoms with van der Waals surface area (Å²) in [6, 6.07) is 0. The molecule has 12 heavy (non-hydrogen) atoms. The monoisotopic (exact) mass is 168 g/mol. The fraction of sp³-hybridized carbons (Fsp3) is 0.818. The van der Waals surface area contributed by atoms with Gasteiger partial charge < -0.3 is 5.11 Å². The average molecular weight is 168 g/mol. The van der Waals surface area contributed by atoms with Gasteiger partial charge >= 0.3 is 0 Å². The van der Waals surface area contributed by atoms with Crippen LogP contribution in [-0.2, 0) is 0 Å². The van der Waals surface area contributed by atoms with Gasteiger partial charge in [0.15, 0.2) is 0 Å². The maximum Gasteiger partial charge on any atom is 0.0436 e. The summed E-state index contributed by atoms with van der Waals surface area (Å²) in [5.41, 5.74) is 1.71. The molecule has 0 aromatic rings. The van der Waals surface area contributed by atoms with Gasteiger partial charge in [-0.1, -0.05) is 26.0 Å². The zero-order valence-electron chi connectivity index (χ0n) is 8.27. The topological polar surface area (TPSA) is 20.2 Å². The Morgan fingerprint density at radius 3 is 2.75 bits per heavy atom. The molecular formula is C11H20O. The SMILES string of the molecule is C=C1CCCC(C)(C)C1CCO. The Hall–Kier alpha value is -0.300. The van der Waals surface area contributed by atoms with Crippen molar-refractivity contribution in [3.63, 3.8) is 0 Å². The summed E-state index contributed by atoms with van der Waals surface area (Å²) in [5, 5.41) is 8.93. The summed E-state index contributed by atoms with van der Waals surface area (Å²) in [5.74, 6) is 0.538. The highest BCUT2D eigenvalue weighted by atomic mass is 16.3. The molecule has 1 nitrogen and oxygen atoms in total. The van der Waals surface area contributed by atoms with E-state index in [9.17, 15) is 0 Å². The van der Waals surface area contributed by atoms with Crippen LogP contribution >= 0.6 is 0 Å². The fourth-order valence-electron chi connectivity index (χ4n) is 2.40. The Morgan fingerprint density at radius 2 is 2.25 bits per heavy atom. The number of hydrogen-bond acceptors (Lipinski definition) is 1. The molecule has 0 heterocycles. The highest BCUT2D eigenvalue weighted by Gasteiger charge is 2.33. The highest BCUT2D eigenvalue weighted by molar-refractivity contribution is 5.09. The molecule has 0 radical (unpaired) electrons. The fourth-order valence-corrected chi connectivity index (χ4v) is 2.40. The molecule has 1 saturated carbocycles. The predicted octanol–water partition coefficient (Wildman–Crippen LogP) is 2.75. The van der Waals surface area contributed by atoms with E-state index in [1.165, 1.54) is 18.4 Å². The van der Waals surface area contributed by atoms with Crippen molar-refractivity contribution in [1.82, 2.24) is 0 Å². The van der Waals surface area contributed by atoms with Crippen molar-refractivity contribution in [2.75, 3.05) is 6.61 Å². The summed E-state index contributed by atoms with van der Waals surface area (Å²) in [4.78, 5) is 0. The van der Waals surface area contributed by atoms with Crippen molar-refractivity contribution in [3.05, 3.63) is 12.2 Å². The summed E-state index contributed by atoms with van der Waals surface area (Å²) in [6.45, 7) is 8.98. The second-order valence-electron chi connectivity index (χ2n) is 4.57. The summed E-state index contributed by atoms with van der Waals surface area (Å²) in [6.07, 6.45) is 4.60. The molecule has 0 aromatic carbocycles. The first kappa shape index (κ1) is 9.79. The lowest BCUT2D eigenvalue weighted by molar-refractivity contribution is 0.149. The Balaban J connectivity index is 2.67. The van der Waals surface area contributed by atoms with Crippen molar-refractivity contribution in [2.24, 2.45) is 11.3 Å². The van der Waals surface area contributed by atoms with E-state index in [1.807, 2.05) is 0 Å².